The van der Waals surface area contributed by atoms with Crippen molar-refractivity contribution in [2.45, 2.75) is 26.2 Å². The lowest BCUT2D eigenvalue weighted by molar-refractivity contribution is 0.0889. The number of hydrogen-bond acceptors (Lipinski definition) is 1. The first-order valence-corrected chi connectivity index (χ1v) is 4.94. The fourth-order valence-electron chi connectivity index (χ4n) is 3.33. The van der Waals surface area contributed by atoms with Gasteiger partial charge in [-0.2, -0.15) is 0 Å². The Hall–Kier alpha value is -0.0400. The van der Waals surface area contributed by atoms with Crippen molar-refractivity contribution in [1.29, 1.82) is 0 Å². The van der Waals surface area contributed by atoms with Crippen molar-refractivity contribution in [2.75, 3.05) is 13.2 Å². The van der Waals surface area contributed by atoms with E-state index in [2.05, 4.69) is 6.92 Å². The average molecular weight is 152 g/mol. The molecule has 3 aliphatic carbocycles. The number of ether oxygens (including phenoxy) is 1. The number of fused-ring (bicyclic) bond motifs is 3. The van der Waals surface area contributed by atoms with E-state index in [-0.39, 0.29) is 0 Å². The highest BCUT2D eigenvalue weighted by atomic mass is 16.5. The van der Waals surface area contributed by atoms with Gasteiger partial charge in [0.15, 0.2) is 0 Å². The summed E-state index contributed by atoms with van der Waals surface area (Å²) in [4.78, 5) is 0. The summed E-state index contributed by atoms with van der Waals surface area (Å²) in [6, 6.07) is 0. The van der Waals surface area contributed by atoms with E-state index in [0.29, 0.717) is 0 Å². The molecule has 0 radical (unpaired) electrons. The molecule has 4 atom stereocenters. The van der Waals surface area contributed by atoms with Gasteiger partial charge in [-0.05, 0) is 49.4 Å². The summed E-state index contributed by atoms with van der Waals surface area (Å²) in [6.07, 6.45) is 4.56. The SMILES string of the molecule is CCOCC12CC1CC1CC12. The monoisotopic (exact) mass is 152 g/mol. The molecule has 4 unspecified atom stereocenters. The van der Waals surface area contributed by atoms with Gasteiger partial charge < -0.3 is 4.74 Å². The molecule has 0 aliphatic heterocycles. The van der Waals surface area contributed by atoms with Crippen molar-refractivity contribution >= 4 is 0 Å². The van der Waals surface area contributed by atoms with Crippen LogP contribution in [0.3, 0.4) is 0 Å². The molecule has 3 fully saturated rings. The van der Waals surface area contributed by atoms with Crippen LogP contribution in [0.1, 0.15) is 26.2 Å². The molecular formula is C10H16O. The van der Waals surface area contributed by atoms with Crippen LogP contribution in [0.15, 0.2) is 0 Å². The summed E-state index contributed by atoms with van der Waals surface area (Å²) in [5.74, 6) is 3.31. The highest BCUT2D eigenvalue weighted by Crippen LogP contribution is 2.77. The Morgan fingerprint density at radius 1 is 1.45 bits per heavy atom. The molecule has 0 aromatic heterocycles. The summed E-state index contributed by atoms with van der Waals surface area (Å²) in [7, 11) is 0. The minimum Gasteiger partial charge on any atom is -0.381 e. The molecule has 0 bridgehead atoms. The molecule has 62 valence electrons. The minimum atomic E-state index is 0.723. The topological polar surface area (TPSA) is 9.23 Å². The molecule has 3 saturated carbocycles. The van der Waals surface area contributed by atoms with Gasteiger partial charge in [0, 0.05) is 6.61 Å². The zero-order valence-corrected chi connectivity index (χ0v) is 7.18. The Morgan fingerprint density at radius 2 is 2.36 bits per heavy atom. The van der Waals surface area contributed by atoms with E-state index in [1.54, 1.807) is 0 Å². The van der Waals surface area contributed by atoms with Crippen LogP contribution in [-0.2, 0) is 4.74 Å². The van der Waals surface area contributed by atoms with Crippen LogP contribution in [-0.4, -0.2) is 13.2 Å². The van der Waals surface area contributed by atoms with Crippen LogP contribution in [0, 0.1) is 23.2 Å². The molecular weight excluding hydrogens is 136 g/mol. The molecule has 0 amide bonds. The zero-order valence-electron chi connectivity index (χ0n) is 7.18. The van der Waals surface area contributed by atoms with E-state index in [9.17, 15) is 0 Å². The minimum absolute atomic E-state index is 0.723. The van der Waals surface area contributed by atoms with E-state index < -0.39 is 0 Å². The maximum Gasteiger partial charge on any atom is 0.0527 e. The molecule has 3 aliphatic rings. The van der Waals surface area contributed by atoms with E-state index in [1.165, 1.54) is 19.3 Å². The van der Waals surface area contributed by atoms with Gasteiger partial charge in [0.2, 0.25) is 0 Å². The summed E-state index contributed by atoms with van der Waals surface area (Å²) >= 11 is 0. The first-order valence-electron chi connectivity index (χ1n) is 4.94. The third-order valence-corrected chi connectivity index (χ3v) is 4.10. The van der Waals surface area contributed by atoms with Gasteiger partial charge in [-0.25, -0.2) is 0 Å². The van der Waals surface area contributed by atoms with Crippen molar-refractivity contribution in [3.8, 4) is 0 Å². The fourth-order valence-corrected chi connectivity index (χ4v) is 3.33. The lowest BCUT2D eigenvalue weighted by Crippen LogP contribution is -2.13. The summed E-state index contributed by atoms with van der Waals surface area (Å²) in [5.41, 5.74) is 0.723. The van der Waals surface area contributed by atoms with Gasteiger partial charge in [0.1, 0.15) is 0 Å². The first kappa shape index (κ1) is 6.47. The molecule has 0 aromatic carbocycles. The van der Waals surface area contributed by atoms with Crippen LogP contribution in [0.4, 0.5) is 0 Å². The maximum atomic E-state index is 5.56. The van der Waals surface area contributed by atoms with E-state index in [4.69, 9.17) is 4.74 Å². The highest BCUT2D eigenvalue weighted by molar-refractivity contribution is 5.20. The van der Waals surface area contributed by atoms with Gasteiger partial charge >= 0.3 is 0 Å². The molecule has 0 heterocycles. The smallest absolute Gasteiger partial charge is 0.0527 e. The molecule has 0 spiro atoms. The Labute approximate surface area is 68.1 Å². The van der Waals surface area contributed by atoms with Crippen LogP contribution < -0.4 is 0 Å². The fraction of sp³-hybridized carbons (Fsp3) is 1.00. The lowest BCUT2D eigenvalue weighted by Gasteiger charge is -2.12. The van der Waals surface area contributed by atoms with Gasteiger partial charge in [0.25, 0.3) is 0 Å². The van der Waals surface area contributed by atoms with Crippen molar-refractivity contribution in [3.63, 3.8) is 0 Å². The largest absolute Gasteiger partial charge is 0.381 e. The van der Waals surface area contributed by atoms with Crippen LogP contribution in [0.2, 0.25) is 0 Å². The average Bonchev–Trinajstić information content (AvgIpc) is 2.87. The van der Waals surface area contributed by atoms with Crippen LogP contribution >= 0.6 is 0 Å². The van der Waals surface area contributed by atoms with Gasteiger partial charge in [-0.3, -0.25) is 0 Å². The molecule has 1 heteroatoms. The third kappa shape index (κ3) is 0.703. The second-order valence-electron chi connectivity index (χ2n) is 4.61. The Balaban J connectivity index is 1.67. The maximum absolute atomic E-state index is 5.56. The molecule has 0 aromatic rings. The summed E-state index contributed by atoms with van der Waals surface area (Å²) in [5, 5.41) is 0. The quantitative estimate of drug-likeness (QED) is 0.601. The van der Waals surface area contributed by atoms with Crippen LogP contribution in [0.5, 0.6) is 0 Å². The third-order valence-electron chi connectivity index (χ3n) is 4.10. The van der Waals surface area contributed by atoms with Gasteiger partial charge in [0.05, 0.1) is 6.61 Å². The van der Waals surface area contributed by atoms with Crippen molar-refractivity contribution < 1.29 is 4.74 Å². The highest BCUT2D eigenvalue weighted by Gasteiger charge is 2.72. The predicted octanol–water partition coefficient (Wildman–Crippen LogP) is 2.07. The molecule has 0 N–H and O–H groups in total. The molecule has 0 saturated heterocycles. The second-order valence-corrected chi connectivity index (χ2v) is 4.61. The van der Waals surface area contributed by atoms with Crippen molar-refractivity contribution in [2.24, 2.45) is 23.2 Å². The lowest BCUT2D eigenvalue weighted by atomic mass is 10.0. The normalized spacial score (nSPS) is 57.0. The van der Waals surface area contributed by atoms with Crippen LogP contribution in [0.25, 0.3) is 0 Å². The molecule has 3 rings (SSSR count). The number of hydrogen-bond donors (Lipinski definition) is 0. The zero-order chi connectivity index (χ0) is 7.47. The summed E-state index contributed by atoms with van der Waals surface area (Å²) < 4.78 is 5.56. The Bertz CT molecular complexity index is 189. The number of rotatable bonds is 3. The van der Waals surface area contributed by atoms with Gasteiger partial charge in [-0.1, -0.05) is 0 Å². The first-order chi connectivity index (χ1) is 5.37. The van der Waals surface area contributed by atoms with Crippen molar-refractivity contribution in [1.82, 2.24) is 0 Å². The Kier molecular flexibility index (Phi) is 1.07. The van der Waals surface area contributed by atoms with Crippen molar-refractivity contribution in [3.05, 3.63) is 0 Å². The van der Waals surface area contributed by atoms with Gasteiger partial charge in [-0.15, -0.1) is 0 Å². The van der Waals surface area contributed by atoms with E-state index in [0.717, 1.165) is 36.4 Å². The predicted molar refractivity (Wildman–Crippen MR) is 43.2 cm³/mol. The standard InChI is InChI=1S/C10H16O/c1-2-11-6-10-5-8(10)3-7-4-9(7)10/h7-9H,2-6H2,1H3. The Morgan fingerprint density at radius 3 is 3.00 bits per heavy atom. The van der Waals surface area contributed by atoms with E-state index >= 15 is 0 Å². The molecule has 1 nitrogen and oxygen atoms in total. The summed E-state index contributed by atoms with van der Waals surface area (Å²) in [6.45, 7) is 4.09. The van der Waals surface area contributed by atoms with E-state index in [1.807, 2.05) is 0 Å². The second kappa shape index (κ2) is 1.82. The molecule has 11 heavy (non-hydrogen) atoms.